The zero-order valence-corrected chi connectivity index (χ0v) is 4.85. The molecule has 8 heavy (non-hydrogen) atoms. The van der Waals surface area contributed by atoms with E-state index < -0.39 is 0 Å². The van der Waals surface area contributed by atoms with Gasteiger partial charge in [0, 0.05) is 11.3 Å². The fraction of sp³-hybridized carbons (Fsp3) is 0.167. The third kappa shape index (κ3) is 1.60. The van der Waals surface area contributed by atoms with Crippen molar-refractivity contribution in [2.24, 2.45) is 5.73 Å². The third-order valence-electron chi connectivity index (χ3n) is 0.802. The maximum absolute atomic E-state index is 9.97. The van der Waals surface area contributed by atoms with Crippen LogP contribution in [-0.2, 0) is 4.79 Å². The summed E-state index contributed by atoms with van der Waals surface area (Å²) in [4.78, 5) is 9.97. The van der Waals surface area contributed by atoms with Crippen molar-refractivity contribution in [1.82, 2.24) is 0 Å². The summed E-state index contributed by atoms with van der Waals surface area (Å²) >= 11 is 0. The largest absolute Gasteiger partial charge is 0.402 e. The van der Waals surface area contributed by atoms with Gasteiger partial charge in [0.05, 0.1) is 0 Å². The van der Waals surface area contributed by atoms with Gasteiger partial charge in [0.25, 0.3) is 0 Å². The molecular weight excluding hydrogens is 102 g/mol. The van der Waals surface area contributed by atoms with Crippen LogP contribution < -0.4 is 5.73 Å². The van der Waals surface area contributed by atoms with E-state index in [1.807, 2.05) is 0 Å². The Morgan fingerprint density at radius 1 is 1.75 bits per heavy atom. The van der Waals surface area contributed by atoms with Crippen molar-refractivity contribution in [3.05, 3.63) is 23.9 Å². The first-order valence-electron chi connectivity index (χ1n) is 2.26. The first-order valence-corrected chi connectivity index (χ1v) is 2.26. The molecule has 0 saturated carbocycles. The van der Waals surface area contributed by atoms with Gasteiger partial charge in [0.2, 0.25) is 0 Å². The lowest BCUT2D eigenvalue weighted by Crippen LogP contribution is -1.96. The molecule has 0 saturated heterocycles. The Labute approximate surface area is 48.7 Å². The van der Waals surface area contributed by atoms with Crippen molar-refractivity contribution in [2.45, 2.75) is 6.92 Å². The van der Waals surface area contributed by atoms with Gasteiger partial charge in [0.15, 0.2) is 6.29 Å². The Morgan fingerprint density at radius 2 is 2.25 bits per heavy atom. The molecule has 0 amide bonds. The van der Waals surface area contributed by atoms with Crippen LogP contribution in [0.5, 0.6) is 0 Å². The van der Waals surface area contributed by atoms with E-state index in [0.29, 0.717) is 17.6 Å². The standard InChI is InChI=1S/C6H9NO/c1-3-6(4-8)5(2)7/h3-4H,1,7H2,2H3/b6-5-. The molecule has 0 heterocycles. The Bertz CT molecular complexity index is 121. The summed E-state index contributed by atoms with van der Waals surface area (Å²) in [5, 5.41) is 0. The lowest BCUT2D eigenvalue weighted by molar-refractivity contribution is -0.104. The van der Waals surface area contributed by atoms with Gasteiger partial charge < -0.3 is 5.73 Å². The van der Waals surface area contributed by atoms with Gasteiger partial charge in [-0.1, -0.05) is 12.7 Å². The van der Waals surface area contributed by atoms with Gasteiger partial charge in [0.1, 0.15) is 0 Å². The number of carbonyl (C=O) groups is 1. The molecule has 0 atom stereocenters. The topological polar surface area (TPSA) is 43.1 Å². The molecule has 0 bridgehead atoms. The second-order valence-electron chi connectivity index (χ2n) is 1.46. The van der Waals surface area contributed by atoms with Crippen LogP contribution >= 0.6 is 0 Å². The van der Waals surface area contributed by atoms with Crippen LogP contribution in [0.15, 0.2) is 23.9 Å². The van der Waals surface area contributed by atoms with Gasteiger partial charge >= 0.3 is 0 Å². The Balaban J connectivity index is 4.30. The molecule has 2 nitrogen and oxygen atoms in total. The van der Waals surface area contributed by atoms with E-state index in [2.05, 4.69) is 6.58 Å². The summed E-state index contributed by atoms with van der Waals surface area (Å²) in [6.45, 7) is 5.04. The molecule has 2 N–H and O–H groups in total. The van der Waals surface area contributed by atoms with Gasteiger partial charge in [-0.25, -0.2) is 0 Å². The second kappa shape index (κ2) is 3.02. The monoisotopic (exact) mass is 111 g/mol. The lowest BCUT2D eigenvalue weighted by Gasteiger charge is -1.89. The van der Waals surface area contributed by atoms with E-state index in [0.717, 1.165) is 0 Å². The highest BCUT2D eigenvalue weighted by molar-refractivity contribution is 5.78. The van der Waals surface area contributed by atoms with Crippen LogP contribution in [0.25, 0.3) is 0 Å². The molecule has 0 aromatic rings. The van der Waals surface area contributed by atoms with E-state index in [1.165, 1.54) is 6.08 Å². The number of carbonyl (C=O) groups excluding carboxylic acids is 1. The fourth-order valence-corrected chi connectivity index (χ4v) is 0.302. The SMILES string of the molecule is C=C/C(C=O)=C(\C)N. The minimum absolute atomic E-state index is 0.463. The van der Waals surface area contributed by atoms with Crippen molar-refractivity contribution >= 4 is 6.29 Å². The molecule has 0 aliphatic carbocycles. The predicted molar refractivity (Wildman–Crippen MR) is 33.1 cm³/mol. The first-order chi connectivity index (χ1) is 3.72. The van der Waals surface area contributed by atoms with Crippen LogP contribution in [0.1, 0.15) is 6.92 Å². The number of hydrogen-bond acceptors (Lipinski definition) is 2. The Hall–Kier alpha value is -1.05. The summed E-state index contributed by atoms with van der Waals surface area (Å²) in [6.07, 6.45) is 2.12. The molecule has 0 unspecified atom stereocenters. The Morgan fingerprint density at radius 3 is 2.25 bits per heavy atom. The highest BCUT2D eigenvalue weighted by atomic mass is 16.1. The van der Waals surface area contributed by atoms with E-state index in [4.69, 9.17) is 5.73 Å². The minimum atomic E-state index is 0.463. The number of rotatable bonds is 2. The van der Waals surface area contributed by atoms with E-state index in [-0.39, 0.29) is 0 Å². The minimum Gasteiger partial charge on any atom is -0.402 e. The molecule has 0 fully saturated rings. The average molecular weight is 111 g/mol. The van der Waals surface area contributed by atoms with Gasteiger partial charge in [-0.15, -0.1) is 0 Å². The van der Waals surface area contributed by atoms with Crippen LogP contribution in [0, 0.1) is 0 Å². The predicted octanol–water partition coefficient (Wildman–Crippen LogP) is 0.604. The van der Waals surface area contributed by atoms with Crippen LogP contribution in [0.4, 0.5) is 0 Å². The highest BCUT2D eigenvalue weighted by Crippen LogP contribution is 1.92. The number of nitrogens with two attached hydrogens (primary N) is 1. The van der Waals surface area contributed by atoms with E-state index in [9.17, 15) is 4.79 Å². The van der Waals surface area contributed by atoms with Crippen molar-refractivity contribution in [2.75, 3.05) is 0 Å². The van der Waals surface area contributed by atoms with E-state index >= 15 is 0 Å². The summed E-state index contributed by atoms with van der Waals surface area (Å²) in [6, 6.07) is 0. The third-order valence-corrected chi connectivity index (χ3v) is 0.802. The van der Waals surface area contributed by atoms with Crippen LogP contribution in [0.2, 0.25) is 0 Å². The van der Waals surface area contributed by atoms with Gasteiger partial charge in [-0.05, 0) is 6.92 Å². The number of allylic oxidation sites excluding steroid dienone is 3. The van der Waals surface area contributed by atoms with Crippen LogP contribution in [-0.4, -0.2) is 6.29 Å². The summed E-state index contributed by atoms with van der Waals surface area (Å²) < 4.78 is 0. The maximum atomic E-state index is 9.97. The summed E-state index contributed by atoms with van der Waals surface area (Å²) in [5.41, 5.74) is 6.21. The summed E-state index contributed by atoms with van der Waals surface area (Å²) in [7, 11) is 0. The zero-order chi connectivity index (χ0) is 6.57. The number of aldehydes is 1. The summed E-state index contributed by atoms with van der Waals surface area (Å²) in [5.74, 6) is 0. The second-order valence-corrected chi connectivity index (χ2v) is 1.46. The van der Waals surface area contributed by atoms with Crippen LogP contribution in [0.3, 0.4) is 0 Å². The zero-order valence-electron chi connectivity index (χ0n) is 4.85. The van der Waals surface area contributed by atoms with Gasteiger partial charge in [-0.3, -0.25) is 4.79 Å². The van der Waals surface area contributed by atoms with Gasteiger partial charge in [-0.2, -0.15) is 0 Å². The van der Waals surface area contributed by atoms with Crippen molar-refractivity contribution in [3.63, 3.8) is 0 Å². The lowest BCUT2D eigenvalue weighted by atomic mass is 10.2. The fourth-order valence-electron chi connectivity index (χ4n) is 0.302. The van der Waals surface area contributed by atoms with Crippen molar-refractivity contribution in [3.8, 4) is 0 Å². The maximum Gasteiger partial charge on any atom is 0.151 e. The average Bonchev–Trinajstić information content (AvgIpc) is 1.69. The molecule has 44 valence electrons. The molecule has 0 aliphatic rings. The molecular formula is C6H9NO. The normalized spacial score (nSPS) is 12.1. The van der Waals surface area contributed by atoms with Crippen molar-refractivity contribution < 1.29 is 4.79 Å². The van der Waals surface area contributed by atoms with E-state index in [1.54, 1.807) is 6.92 Å². The smallest absolute Gasteiger partial charge is 0.151 e. The molecule has 2 heteroatoms. The molecule has 0 aliphatic heterocycles. The highest BCUT2D eigenvalue weighted by Gasteiger charge is 1.87. The van der Waals surface area contributed by atoms with Crippen molar-refractivity contribution in [1.29, 1.82) is 0 Å². The number of hydrogen-bond donors (Lipinski definition) is 1. The first kappa shape index (κ1) is 6.95. The molecule has 0 aromatic heterocycles. The Kier molecular flexibility index (Phi) is 2.62. The molecule has 0 rings (SSSR count). The molecule has 0 spiro atoms. The molecule has 0 radical (unpaired) electrons. The molecule has 0 aromatic carbocycles. The quantitative estimate of drug-likeness (QED) is 0.322.